The van der Waals surface area contributed by atoms with E-state index in [0.717, 1.165) is 6.26 Å². The number of benzene rings is 1. The standard InChI is InChI=1S/C28H34N2O11/c1-4-13-15(9-19(32)22-16(10-21(33)29-2)14-7-5-6-8-18(14)30-22)17(26(37)38-3)12-39-27(13)41-28-25(36)24(35)23(34)20(11-31)40-28/h4-8,12-13,15,20,23-25,27-28,30-31,34-36H,1,9-11H2,2-3H3,(H,29,33)/t13-,15+,20-,23-,24+,25-,27+,28+/m1/s1. The topological polar surface area (TPSA) is 197 Å². The smallest absolute Gasteiger partial charge is 0.337 e. The van der Waals surface area contributed by atoms with Crippen LogP contribution in [0.15, 0.2) is 48.8 Å². The maximum Gasteiger partial charge on any atom is 0.337 e. The van der Waals surface area contributed by atoms with Crippen LogP contribution in [0.2, 0.25) is 0 Å². The molecule has 222 valence electrons. The number of aliphatic hydroxyl groups excluding tert-OH is 4. The lowest BCUT2D eigenvalue weighted by molar-refractivity contribution is -0.339. The predicted molar refractivity (Wildman–Crippen MR) is 142 cm³/mol. The molecule has 0 unspecified atom stereocenters. The summed E-state index contributed by atoms with van der Waals surface area (Å²) in [5.74, 6) is -3.18. The van der Waals surface area contributed by atoms with Gasteiger partial charge in [0.15, 0.2) is 12.1 Å². The zero-order valence-corrected chi connectivity index (χ0v) is 22.6. The van der Waals surface area contributed by atoms with Crippen molar-refractivity contribution in [3.05, 3.63) is 60.0 Å². The molecule has 2 aliphatic heterocycles. The van der Waals surface area contributed by atoms with Crippen LogP contribution in [-0.2, 0) is 35.0 Å². The molecule has 8 atom stereocenters. The number of methoxy groups -OCH3 is 1. The number of ether oxygens (including phenoxy) is 4. The lowest BCUT2D eigenvalue weighted by Gasteiger charge is -2.43. The van der Waals surface area contributed by atoms with E-state index in [0.29, 0.717) is 16.5 Å². The molecule has 0 bridgehead atoms. The van der Waals surface area contributed by atoms with Gasteiger partial charge in [-0.3, -0.25) is 9.59 Å². The molecule has 0 saturated carbocycles. The first-order valence-electron chi connectivity index (χ1n) is 13.0. The number of esters is 1. The summed E-state index contributed by atoms with van der Waals surface area (Å²) in [5, 5.41) is 43.4. The zero-order chi connectivity index (χ0) is 29.8. The van der Waals surface area contributed by atoms with Gasteiger partial charge < -0.3 is 49.7 Å². The minimum Gasteiger partial charge on any atom is -0.471 e. The van der Waals surface area contributed by atoms with Gasteiger partial charge in [0.1, 0.15) is 24.4 Å². The second-order valence-electron chi connectivity index (χ2n) is 9.82. The van der Waals surface area contributed by atoms with Gasteiger partial charge >= 0.3 is 5.97 Å². The quantitative estimate of drug-likeness (QED) is 0.124. The van der Waals surface area contributed by atoms with Gasteiger partial charge in [0.05, 0.1) is 37.7 Å². The Balaban J connectivity index is 1.65. The van der Waals surface area contributed by atoms with Gasteiger partial charge in [0.2, 0.25) is 12.2 Å². The molecule has 41 heavy (non-hydrogen) atoms. The minimum atomic E-state index is -1.70. The maximum absolute atomic E-state index is 13.8. The number of para-hydroxylation sites is 1. The van der Waals surface area contributed by atoms with Gasteiger partial charge in [-0.25, -0.2) is 4.79 Å². The molecule has 3 heterocycles. The fraction of sp³-hybridized carbons (Fsp3) is 0.464. The van der Waals surface area contributed by atoms with Crippen molar-refractivity contribution in [1.29, 1.82) is 0 Å². The number of aliphatic hydroxyl groups is 4. The van der Waals surface area contributed by atoms with Gasteiger partial charge in [0, 0.05) is 36.2 Å². The van der Waals surface area contributed by atoms with Crippen LogP contribution >= 0.6 is 0 Å². The molecule has 6 N–H and O–H groups in total. The van der Waals surface area contributed by atoms with Crippen molar-refractivity contribution in [3.8, 4) is 0 Å². The van der Waals surface area contributed by atoms with E-state index in [9.17, 15) is 34.8 Å². The summed E-state index contributed by atoms with van der Waals surface area (Å²) in [6.07, 6.45) is -6.77. The molecule has 2 aliphatic rings. The number of carbonyl (C=O) groups excluding carboxylic acids is 3. The maximum atomic E-state index is 13.8. The fourth-order valence-electron chi connectivity index (χ4n) is 5.16. The third kappa shape index (κ3) is 6.05. The lowest BCUT2D eigenvalue weighted by atomic mass is 9.80. The predicted octanol–water partition coefficient (Wildman–Crippen LogP) is -0.323. The SMILES string of the molecule is C=C[C@H]1[C@H](O[C@@H]2O[C@H](CO)[C@@H](O)[C@H](O)[C@H]2O)OC=C(C(=O)OC)[C@H]1CC(=O)c1[nH]c2ccccc2c1CC(=O)NC. The molecular formula is C28H34N2O11. The number of hydrogen-bond donors (Lipinski definition) is 6. The third-order valence-corrected chi connectivity index (χ3v) is 7.43. The Bertz CT molecular complexity index is 1320. The summed E-state index contributed by atoms with van der Waals surface area (Å²) in [7, 11) is 2.68. The number of aromatic nitrogens is 1. The largest absolute Gasteiger partial charge is 0.471 e. The van der Waals surface area contributed by atoms with E-state index in [1.807, 2.05) is 0 Å². The van der Waals surface area contributed by atoms with Crippen LogP contribution in [0.25, 0.3) is 10.9 Å². The number of hydrogen-bond acceptors (Lipinski definition) is 11. The van der Waals surface area contributed by atoms with Crippen LogP contribution in [0.3, 0.4) is 0 Å². The van der Waals surface area contributed by atoms with Gasteiger partial charge in [-0.15, -0.1) is 6.58 Å². The Morgan fingerprint density at radius 1 is 1.12 bits per heavy atom. The molecule has 1 aromatic heterocycles. The number of amides is 1. The normalized spacial score (nSPS) is 29.8. The average Bonchev–Trinajstić information content (AvgIpc) is 3.35. The molecular weight excluding hydrogens is 540 g/mol. The molecule has 2 aromatic rings. The van der Waals surface area contributed by atoms with Crippen LogP contribution in [0.5, 0.6) is 0 Å². The van der Waals surface area contributed by atoms with Crippen molar-refractivity contribution in [2.75, 3.05) is 20.8 Å². The second kappa shape index (κ2) is 12.9. The van der Waals surface area contributed by atoms with Crippen LogP contribution in [0.4, 0.5) is 0 Å². The van der Waals surface area contributed by atoms with Crippen molar-refractivity contribution < 1.29 is 53.8 Å². The lowest BCUT2D eigenvalue weighted by Crippen LogP contribution is -2.60. The summed E-state index contributed by atoms with van der Waals surface area (Å²) in [6.45, 7) is 3.15. The fourth-order valence-corrected chi connectivity index (χ4v) is 5.16. The molecule has 0 aliphatic carbocycles. The number of nitrogens with one attached hydrogen (secondary N) is 2. The van der Waals surface area contributed by atoms with E-state index in [1.54, 1.807) is 24.3 Å². The molecule has 0 radical (unpaired) electrons. The Morgan fingerprint density at radius 3 is 2.51 bits per heavy atom. The van der Waals surface area contributed by atoms with Crippen LogP contribution < -0.4 is 5.32 Å². The number of likely N-dealkylation sites (N-methyl/N-ethyl adjacent to an activating group) is 1. The monoisotopic (exact) mass is 574 g/mol. The molecule has 0 spiro atoms. The average molecular weight is 575 g/mol. The number of H-pyrrole nitrogens is 1. The summed E-state index contributed by atoms with van der Waals surface area (Å²) >= 11 is 0. The number of ketones is 1. The highest BCUT2D eigenvalue weighted by atomic mass is 16.8. The molecule has 1 fully saturated rings. The molecule has 13 heteroatoms. The zero-order valence-electron chi connectivity index (χ0n) is 22.6. The van der Waals surface area contributed by atoms with Crippen molar-refractivity contribution in [2.24, 2.45) is 11.8 Å². The number of carbonyl (C=O) groups is 3. The van der Waals surface area contributed by atoms with E-state index in [-0.39, 0.29) is 30.0 Å². The summed E-state index contributed by atoms with van der Waals surface area (Å²) in [5.41, 5.74) is 1.41. The van der Waals surface area contributed by atoms with Crippen LogP contribution in [0.1, 0.15) is 22.5 Å². The van der Waals surface area contributed by atoms with E-state index in [2.05, 4.69) is 16.9 Å². The Kier molecular flexibility index (Phi) is 9.58. The summed E-state index contributed by atoms with van der Waals surface area (Å²) < 4.78 is 21.8. The highest BCUT2D eigenvalue weighted by Crippen LogP contribution is 2.38. The van der Waals surface area contributed by atoms with Crippen LogP contribution in [-0.4, -0.2) is 101 Å². The van der Waals surface area contributed by atoms with Gasteiger partial charge in [-0.2, -0.15) is 0 Å². The summed E-state index contributed by atoms with van der Waals surface area (Å²) in [6, 6.07) is 7.17. The first-order valence-corrected chi connectivity index (χ1v) is 13.0. The Morgan fingerprint density at radius 2 is 1.85 bits per heavy atom. The van der Waals surface area contributed by atoms with Crippen molar-refractivity contribution in [2.45, 2.75) is 49.8 Å². The van der Waals surface area contributed by atoms with E-state index >= 15 is 0 Å². The van der Waals surface area contributed by atoms with Gasteiger partial charge in [-0.05, 0) is 11.6 Å². The third-order valence-electron chi connectivity index (χ3n) is 7.43. The molecule has 1 saturated heterocycles. The summed E-state index contributed by atoms with van der Waals surface area (Å²) in [4.78, 5) is 41.9. The molecule has 13 nitrogen and oxygen atoms in total. The molecule has 4 rings (SSSR count). The first-order chi connectivity index (χ1) is 19.6. The Labute approximate surface area is 235 Å². The van der Waals surface area contributed by atoms with Gasteiger partial charge in [0.25, 0.3) is 0 Å². The minimum absolute atomic E-state index is 0.0309. The Hall–Kier alpha value is -3.59. The van der Waals surface area contributed by atoms with E-state index in [1.165, 1.54) is 20.2 Å². The van der Waals surface area contributed by atoms with Crippen molar-refractivity contribution >= 4 is 28.6 Å². The number of fused-ring (bicyclic) bond motifs is 1. The highest BCUT2D eigenvalue weighted by Gasteiger charge is 2.48. The van der Waals surface area contributed by atoms with E-state index in [4.69, 9.17) is 18.9 Å². The second-order valence-corrected chi connectivity index (χ2v) is 9.82. The van der Waals surface area contributed by atoms with Crippen molar-refractivity contribution in [3.63, 3.8) is 0 Å². The number of aromatic amines is 1. The number of Topliss-reactive ketones (excluding diaryl/α,β-unsaturated/α-hetero) is 1. The number of rotatable bonds is 10. The van der Waals surface area contributed by atoms with E-state index < -0.39 is 67.2 Å². The molecule has 1 amide bonds. The van der Waals surface area contributed by atoms with Crippen molar-refractivity contribution in [1.82, 2.24) is 10.3 Å². The highest BCUT2D eigenvalue weighted by molar-refractivity contribution is 6.04. The molecule has 1 aromatic carbocycles. The first kappa shape index (κ1) is 30.4. The van der Waals surface area contributed by atoms with Gasteiger partial charge in [-0.1, -0.05) is 24.3 Å². The van der Waals surface area contributed by atoms with Crippen LogP contribution in [0, 0.1) is 11.8 Å².